The van der Waals surface area contributed by atoms with E-state index < -0.39 is 5.97 Å². The third kappa shape index (κ3) is 5.11. The van der Waals surface area contributed by atoms with Gasteiger partial charge in [0.1, 0.15) is 17.2 Å². The average molecular weight is 512 g/mol. The van der Waals surface area contributed by atoms with Crippen LogP contribution in [0.15, 0.2) is 66.7 Å². The summed E-state index contributed by atoms with van der Waals surface area (Å²) in [6.45, 7) is 3.36. The van der Waals surface area contributed by atoms with E-state index in [1.54, 1.807) is 25.0 Å². The van der Waals surface area contributed by atoms with Crippen LogP contribution in [0.5, 0.6) is 17.4 Å². The molecule has 1 amide bonds. The summed E-state index contributed by atoms with van der Waals surface area (Å²) in [4.78, 5) is 24.5. The largest absolute Gasteiger partial charge is 0.497 e. The van der Waals surface area contributed by atoms with Crippen LogP contribution >= 0.6 is 0 Å². The second kappa shape index (κ2) is 10.4. The normalized spacial score (nSPS) is 12.6. The summed E-state index contributed by atoms with van der Waals surface area (Å²) >= 11 is 0. The van der Waals surface area contributed by atoms with Gasteiger partial charge < -0.3 is 19.5 Å². The standard InChI is InChI=1S/C30H29N3O5/c1-18-5-13-23(14-6-18)33-30(38-19(2)34)27(20-9-11-22(12-10-20)31-29(35)21-7-8-21)28(32-33)25-16-15-24(36-3)17-26(25)37-4/h5-6,9-17,21H,7-8H2,1-4H3,(H,31,35). The number of hydrogen-bond donors (Lipinski definition) is 1. The zero-order valence-corrected chi connectivity index (χ0v) is 21.8. The Balaban J connectivity index is 1.70. The van der Waals surface area contributed by atoms with E-state index in [0.717, 1.165) is 29.7 Å². The van der Waals surface area contributed by atoms with Crippen molar-refractivity contribution < 1.29 is 23.8 Å². The van der Waals surface area contributed by atoms with Crippen LogP contribution in [-0.2, 0) is 9.59 Å². The van der Waals surface area contributed by atoms with E-state index in [-0.39, 0.29) is 17.7 Å². The molecule has 38 heavy (non-hydrogen) atoms. The minimum Gasteiger partial charge on any atom is -0.497 e. The molecule has 1 heterocycles. The number of anilines is 1. The van der Waals surface area contributed by atoms with Crippen molar-refractivity contribution in [1.29, 1.82) is 0 Å². The lowest BCUT2D eigenvalue weighted by Crippen LogP contribution is -2.13. The van der Waals surface area contributed by atoms with Crippen LogP contribution in [0.2, 0.25) is 0 Å². The molecule has 1 fully saturated rings. The number of ether oxygens (including phenoxy) is 3. The minimum atomic E-state index is -0.471. The molecule has 0 bridgehead atoms. The molecule has 0 spiro atoms. The van der Waals surface area contributed by atoms with Gasteiger partial charge in [-0.2, -0.15) is 9.78 Å². The number of hydrogen-bond acceptors (Lipinski definition) is 6. The highest BCUT2D eigenvalue weighted by molar-refractivity contribution is 5.95. The molecule has 0 radical (unpaired) electrons. The number of aromatic nitrogens is 2. The molecule has 0 atom stereocenters. The Hall–Kier alpha value is -4.59. The van der Waals surface area contributed by atoms with Crippen LogP contribution in [0.4, 0.5) is 5.69 Å². The van der Waals surface area contributed by atoms with Crippen molar-refractivity contribution in [1.82, 2.24) is 9.78 Å². The Bertz CT molecular complexity index is 1490. The molecule has 4 aromatic rings. The Morgan fingerprint density at radius 3 is 2.26 bits per heavy atom. The van der Waals surface area contributed by atoms with Crippen LogP contribution < -0.4 is 19.5 Å². The minimum absolute atomic E-state index is 0.0363. The van der Waals surface area contributed by atoms with E-state index in [0.29, 0.717) is 34.0 Å². The van der Waals surface area contributed by atoms with E-state index in [9.17, 15) is 9.59 Å². The Labute approximate surface area is 221 Å². The number of methoxy groups -OCH3 is 2. The summed E-state index contributed by atoms with van der Waals surface area (Å²) in [5.41, 5.74) is 5.18. The van der Waals surface area contributed by atoms with Crippen molar-refractivity contribution in [3.8, 4) is 45.5 Å². The third-order valence-corrected chi connectivity index (χ3v) is 6.42. The topological polar surface area (TPSA) is 91.7 Å². The van der Waals surface area contributed by atoms with Crippen LogP contribution in [0.1, 0.15) is 25.3 Å². The Morgan fingerprint density at radius 1 is 0.947 bits per heavy atom. The quantitative estimate of drug-likeness (QED) is 0.300. The fraction of sp³-hybridized carbons (Fsp3) is 0.233. The second-order valence-electron chi connectivity index (χ2n) is 9.28. The van der Waals surface area contributed by atoms with E-state index in [2.05, 4.69) is 5.32 Å². The number of aryl methyl sites for hydroxylation is 1. The SMILES string of the molecule is COc1ccc(-c2nn(-c3ccc(C)cc3)c(OC(C)=O)c2-c2ccc(NC(=O)C3CC3)cc2)c(OC)c1. The summed E-state index contributed by atoms with van der Waals surface area (Å²) in [6, 6.07) is 20.7. The number of esters is 1. The van der Waals surface area contributed by atoms with Crippen molar-refractivity contribution in [3.63, 3.8) is 0 Å². The van der Waals surface area contributed by atoms with Gasteiger partial charge in [-0.3, -0.25) is 9.59 Å². The highest BCUT2D eigenvalue weighted by Gasteiger charge is 2.30. The van der Waals surface area contributed by atoms with Gasteiger partial charge in [0, 0.05) is 30.2 Å². The van der Waals surface area contributed by atoms with Crippen molar-refractivity contribution in [2.24, 2.45) is 5.92 Å². The fourth-order valence-electron chi connectivity index (χ4n) is 4.25. The molecule has 1 N–H and O–H groups in total. The van der Waals surface area contributed by atoms with Gasteiger partial charge in [-0.1, -0.05) is 29.8 Å². The van der Waals surface area contributed by atoms with Crippen LogP contribution in [-0.4, -0.2) is 35.9 Å². The first-order chi connectivity index (χ1) is 18.4. The van der Waals surface area contributed by atoms with Gasteiger partial charge in [0.05, 0.1) is 25.5 Å². The lowest BCUT2D eigenvalue weighted by Gasteiger charge is -2.12. The Kier molecular flexibility index (Phi) is 6.87. The third-order valence-electron chi connectivity index (χ3n) is 6.42. The summed E-state index contributed by atoms with van der Waals surface area (Å²) in [5, 5.41) is 7.89. The Morgan fingerprint density at radius 2 is 1.66 bits per heavy atom. The zero-order valence-electron chi connectivity index (χ0n) is 21.8. The number of nitrogens with one attached hydrogen (secondary N) is 1. The maximum atomic E-state index is 12.3. The molecular weight excluding hydrogens is 482 g/mol. The maximum absolute atomic E-state index is 12.3. The molecule has 1 aliphatic rings. The maximum Gasteiger partial charge on any atom is 0.309 e. The number of benzene rings is 3. The number of amides is 1. The average Bonchev–Trinajstić information content (AvgIpc) is 3.71. The van der Waals surface area contributed by atoms with Gasteiger partial charge >= 0.3 is 5.97 Å². The number of rotatable bonds is 8. The first-order valence-corrected chi connectivity index (χ1v) is 12.4. The van der Waals surface area contributed by atoms with Gasteiger partial charge in [-0.05, 0) is 61.7 Å². The monoisotopic (exact) mass is 511 g/mol. The molecule has 1 aliphatic carbocycles. The summed E-state index contributed by atoms with van der Waals surface area (Å²) in [6.07, 6.45) is 1.86. The molecular formula is C30H29N3O5. The number of nitrogens with zero attached hydrogens (tertiary/aromatic N) is 2. The molecule has 0 aliphatic heterocycles. The van der Waals surface area contributed by atoms with Gasteiger partial charge in [-0.25, -0.2) is 0 Å². The molecule has 5 rings (SSSR count). The molecule has 8 heteroatoms. The van der Waals surface area contributed by atoms with Gasteiger partial charge in [0.25, 0.3) is 0 Å². The highest BCUT2D eigenvalue weighted by atomic mass is 16.5. The lowest BCUT2D eigenvalue weighted by atomic mass is 10.00. The van der Waals surface area contributed by atoms with E-state index in [1.807, 2.05) is 67.6 Å². The van der Waals surface area contributed by atoms with Gasteiger partial charge in [-0.15, -0.1) is 0 Å². The van der Waals surface area contributed by atoms with Crippen LogP contribution in [0.3, 0.4) is 0 Å². The summed E-state index contributed by atoms with van der Waals surface area (Å²) < 4.78 is 18.5. The molecule has 1 aromatic heterocycles. The number of carbonyl (C=O) groups is 2. The first-order valence-electron chi connectivity index (χ1n) is 12.4. The molecule has 194 valence electrons. The molecule has 0 unspecified atom stereocenters. The highest BCUT2D eigenvalue weighted by Crippen LogP contribution is 2.44. The zero-order chi connectivity index (χ0) is 26.8. The molecule has 0 saturated heterocycles. The summed E-state index contributed by atoms with van der Waals surface area (Å²) in [7, 11) is 3.17. The smallest absolute Gasteiger partial charge is 0.309 e. The van der Waals surface area contributed by atoms with Gasteiger partial charge in [0.2, 0.25) is 11.8 Å². The van der Waals surface area contributed by atoms with Crippen molar-refractivity contribution in [3.05, 3.63) is 72.3 Å². The van der Waals surface area contributed by atoms with Gasteiger partial charge in [0.15, 0.2) is 0 Å². The fourth-order valence-corrected chi connectivity index (χ4v) is 4.25. The molecule has 3 aromatic carbocycles. The first kappa shape index (κ1) is 25.1. The lowest BCUT2D eigenvalue weighted by molar-refractivity contribution is -0.132. The van der Waals surface area contributed by atoms with Crippen LogP contribution in [0.25, 0.3) is 28.1 Å². The molecule has 8 nitrogen and oxygen atoms in total. The van der Waals surface area contributed by atoms with E-state index in [1.165, 1.54) is 6.92 Å². The van der Waals surface area contributed by atoms with E-state index in [4.69, 9.17) is 19.3 Å². The van der Waals surface area contributed by atoms with Crippen molar-refractivity contribution in [2.75, 3.05) is 19.5 Å². The van der Waals surface area contributed by atoms with E-state index >= 15 is 0 Å². The van der Waals surface area contributed by atoms with Crippen molar-refractivity contribution >= 4 is 17.6 Å². The number of carbonyl (C=O) groups excluding carboxylic acids is 2. The van der Waals surface area contributed by atoms with Crippen molar-refractivity contribution in [2.45, 2.75) is 26.7 Å². The second-order valence-corrected chi connectivity index (χ2v) is 9.28. The summed E-state index contributed by atoms with van der Waals surface area (Å²) in [5.74, 6) is 1.15. The predicted molar refractivity (Wildman–Crippen MR) is 145 cm³/mol. The predicted octanol–water partition coefficient (Wildman–Crippen LogP) is 5.81. The molecule has 1 saturated carbocycles. The van der Waals surface area contributed by atoms with Crippen LogP contribution in [0, 0.1) is 12.8 Å².